The number of hydrogen-bond donors (Lipinski definition) is 2. The third-order valence-corrected chi connectivity index (χ3v) is 3.55. The van der Waals surface area contributed by atoms with Crippen molar-refractivity contribution in [3.05, 3.63) is 0 Å². The molecule has 0 spiro atoms. The lowest BCUT2D eigenvalue weighted by molar-refractivity contribution is -0.138. The van der Waals surface area contributed by atoms with Gasteiger partial charge in [-0.25, -0.2) is 0 Å². The molecule has 0 aliphatic carbocycles. The molecule has 4 atom stereocenters. The van der Waals surface area contributed by atoms with Crippen LogP contribution in [0, 0.1) is 0 Å². The van der Waals surface area contributed by atoms with Gasteiger partial charge in [-0.15, -0.1) is 0 Å². The maximum absolute atomic E-state index is 12.0. The van der Waals surface area contributed by atoms with Gasteiger partial charge in [0.25, 0.3) is 0 Å². The Morgan fingerprint density at radius 3 is 2.83 bits per heavy atom. The summed E-state index contributed by atoms with van der Waals surface area (Å²) in [5.41, 5.74) is 0. The van der Waals surface area contributed by atoms with Crippen LogP contribution in [0.25, 0.3) is 0 Å². The highest BCUT2D eigenvalue weighted by Gasteiger charge is 2.26. The summed E-state index contributed by atoms with van der Waals surface area (Å²) in [5.74, 6) is 0.00808. The zero-order chi connectivity index (χ0) is 13.5. The number of amides is 1. The molecule has 0 radical (unpaired) electrons. The van der Waals surface area contributed by atoms with Gasteiger partial charge in [-0.05, 0) is 46.6 Å². The van der Waals surface area contributed by atoms with Crippen LogP contribution in [0.4, 0.5) is 0 Å². The Hall–Kier alpha value is -0.610. The topological polar surface area (TPSA) is 50.4 Å². The third-order valence-electron chi connectivity index (χ3n) is 3.55. The summed E-state index contributed by atoms with van der Waals surface area (Å²) in [6, 6.07) is 0.567. The molecule has 1 rings (SSSR count). The summed E-state index contributed by atoms with van der Waals surface area (Å²) in [6.07, 6.45) is 4.05. The van der Waals surface area contributed by atoms with Gasteiger partial charge >= 0.3 is 0 Å². The molecule has 1 saturated heterocycles. The van der Waals surface area contributed by atoms with E-state index in [0.29, 0.717) is 6.04 Å². The second-order valence-electron chi connectivity index (χ2n) is 5.40. The van der Waals surface area contributed by atoms with Gasteiger partial charge in [0.1, 0.15) is 6.10 Å². The lowest BCUT2D eigenvalue weighted by atomic mass is 10.0. The molecule has 4 heteroatoms. The standard InChI is InChI=1S/C14H28N2O2/c1-5-7-10(2)16-14(17)12(4)18-13-8-6-9-15-11(13)3/h10-13,15H,5-9H2,1-4H3,(H,16,17). The van der Waals surface area contributed by atoms with Gasteiger partial charge in [0.05, 0.1) is 6.10 Å². The fraction of sp³-hybridized carbons (Fsp3) is 0.929. The molecule has 106 valence electrons. The predicted octanol–water partition coefficient (Wildman–Crippen LogP) is 1.84. The normalized spacial score (nSPS) is 27.6. The van der Waals surface area contributed by atoms with Crippen LogP contribution in [0.15, 0.2) is 0 Å². The van der Waals surface area contributed by atoms with Crippen molar-refractivity contribution in [1.29, 1.82) is 0 Å². The van der Waals surface area contributed by atoms with Crippen molar-refractivity contribution in [1.82, 2.24) is 10.6 Å². The summed E-state index contributed by atoms with van der Waals surface area (Å²) in [6.45, 7) is 9.18. The van der Waals surface area contributed by atoms with E-state index < -0.39 is 0 Å². The summed E-state index contributed by atoms with van der Waals surface area (Å²) in [7, 11) is 0. The SMILES string of the molecule is CCCC(C)NC(=O)C(C)OC1CCCNC1C. The van der Waals surface area contributed by atoms with E-state index in [1.165, 1.54) is 0 Å². The van der Waals surface area contributed by atoms with Crippen molar-refractivity contribution >= 4 is 5.91 Å². The zero-order valence-electron chi connectivity index (χ0n) is 12.2. The molecular weight excluding hydrogens is 228 g/mol. The molecule has 2 N–H and O–H groups in total. The minimum Gasteiger partial charge on any atom is -0.364 e. The highest BCUT2D eigenvalue weighted by atomic mass is 16.5. The second-order valence-corrected chi connectivity index (χ2v) is 5.40. The first-order valence-electron chi connectivity index (χ1n) is 7.23. The van der Waals surface area contributed by atoms with Gasteiger partial charge in [-0.1, -0.05) is 13.3 Å². The van der Waals surface area contributed by atoms with E-state index in [9.17, 15) is 4.79 Å². The number of carbonyl (C=O) groups is 1. The van der Waals surface area contributed by atoms with E-state index in [-0.39, 0.29) is 24.2 Å². The summed E-state index contributed by atoms with van der Waals surface area (Å²) < 4.78 is 5.87. The Labute approximate surface area is 111 Å². The van der Waals surface area contributed by atoms with Crippen LogP contribution in [0.1, 0.15) is 53.4 Å². The first-order chi connectivity index (χ1) is 8.54. The van der Waals surface area contributed by atoms with E-state index in [1.54, 1.807) is 0 Å². The van der Waals surface area contributed by atoms with E-state index in [1.807, 2.05) is 13.8 Å². The van der Waals surface area contributed by atoms with Crippen molar-refractivity contribution in [2.75, 3.05) is 6.54 Å². The fourth-order valence-corrected chi connectivity index (χ4v) is 2.39. The first kappa shape index (κ1) is 15.4. The van der Waals surface area contributed by atoms with Gasteiger partial charge < -0.3 is 15.4 Å². The molecule has 0 bridgehead atoms. The van der Waals surface area contributed by atoms with Crippen LogP contribution in [0.2, 0.25) is 0 Å². The Balaban J connectivity index is 2.34. The largest absolute Gasteiger partial charge is 0.364 e. The monoisotopic (exact) mass is 256 g/mol. The Bertz CT molecular complexity index is 258. The molecule has 0 aromatic carbocycles. The van der Waals surface area contributed by atoms with E-state index in [2.05, 4.69) is 24.5 Å². The number of nitrogens with one attached hydrogen (secondary N) is 2. The fourth-order valence-electron chi connectivity index (χ4n) is 2.39. The van der Waals surface area contributed by atoms with Gasteiger partial charge in [-0.2, -0.15) is 0 Å². The van der Waals surface area contributed by atoms with Crippen LogP contribution >= 0.6 is 0 Å². The van der Waals surface area contributed by atoms with Crippen molar-refractivity contribution < 1.29 is 9.53 Å². The molecular formula is C14H28N2O2. The minimum absolute atomic E-state index is 0.00808. The molecule has 0 aromatic heterocycles. The Kier molecular flexibility index (Phi) is 6.65. The van der Waals surface area contributed by atoms with Crippen molar-refractivity contribution in [3.63, 3.8) is 0 Å². The van der Waals surface area contributed by atoms with Gasteiger partial charge in [0.15, 0.2) is 0 Å². The van der Waals surface area contributed by atoms with Gasteiger partial charge in [0, 0.05) is 12.1 Å². The summed E-state index contributed by atoms with van der Waals surface area (Å²) >= 11 is 0. The average molecular weight is 256 g/mol. The number of carbonyl (C=O) groups excluding carboxylic acids is 1. The molecule has 1 heterocycles. The molecule has 0 aromatic rings. The van der Waals surface area contributed by atoms with Crippen LogP contribution in [-0.2, 0) is 9.53 Å². The Morgan fingerprint density at radius 2 is 2.22 bits per heavy atom. The van der Waals surface area contributed by atoms with Crippen molar-refractivity contribution in [2.45, 2.75) is 77.7 Å². The van der Waals surface area contributed by atoms with Crippen molar-refractivity contribution in [3.8, 4) is 0 Å². The predicted molar refractivity (Wildman–Crippen MR) is 73.5 cm³/mol. The lowest BCUT2D eigenvalue weighted by Crippen LogP contribution is -2.48. The highest BCUT2D eigenvalue weighted by molar-refractivity contribution is 5.80. The van der Waals surface area contributed by atoms with E-state index >= 15 is 0 Å². The number of rotatable bonds is 6. The van der Waals surface area contributed by atoms with Crippen molar-refractivity contribution in [2.24, 2.45) is 0 Å². The van der Waals surface area contributed by atoms with Crippen LogP contribution in [-0.4, -0.2) is 36.7 Å². The molecule has 1 fully saturated rings. The summed E-state index contributed by atoms with van der Waals surface area (Å²) in [5, 5.41) is 6.38. The quantitative estimate of drug-likeness (QED) is 0.762. The zero-order valence-corrected chi connectivity index (χ0v) is 12.2. The molecule has 18 heavy (non-hydrogen) atoms. The van der Waals surface area contributed by atoms with Gasteiger partial charge in [-0.3, -0.25) is 4.79 Å². The van der Waals surface area contributed by atoms with Crippen LogP contribution in [0.3, 0.4) is 0 Å². The smallest absolute Gasteiger partial charge is 0.249 e. The van der Waals surface area contributed by atoms with Crippen LogP contribution < -0.4 is 10.6 Å². The number of piperidine rings is 1. The van der Waals surface area contributed by atoms with Gasteiger partial charge in [0.2, 0.25) is 5.91 Å². The highest BCUT2D eigenvalue weighted by Crippen LogP contribution is 2.14. The van der Waals surface area contributed by atoms with E-state index in [0.717, 1.165) is 32.2 Å². The molecule has 1 aliphatic heterocycles. The molecule has 4 unspecified atom stereocenters. The second kappa shape index (κ2) is 7.74. The minimum atomic E-state index is -0.364. The average Bonchev–Trinajstić information content (AvgIpc) is 2.32. The summed E-state index contributed by atoms with van der Waals surface area (Å²) in [4.78, 5) is 12.0. The lowest BCUT2D eigenvalue weighted by Gasteiger charge is -2.32. The Morgan fingerprint density at radius 1 is 1.50 bits per heavy atom. The van der Waals surface area contributed by atoms with Crippen LogP contribution in [0.5, 0.6) is 0 Å². The number of ether oxygens (including phenoxy) is 1. The maximum Gasteiger partial charge on any atom is 0.249 e. The first-order valence-corrected chi connectivity index (χ1v) is 7.23. The molecule has 4 nitrogen and oxygen atoms in total. The molecule has 1 aliphatic rings. The number of hydrogen-bond acceptors (Lipinski definition) is 3. The molecule has 0 saturated carbocycles. The molecule has 1 amide bonds. The maximum atomic E-state index is 12.0. The van der Waals surface area contributed by atoms with E-state index in [4.69, 9.17) is 4.74 Å². The third kappa shape index (κ3) is 4.94.